The number of halogens is 4. The van der Waals surface area contributed by atoms with Crippen molar-refractivity contribution < 1.29 is 22.4 Å². The van der Waals surface area contributed by atoms with Crippen molar-refractivity contribution >= 4 is 11.9 Å². The van der Waals surface area contributed by atoms with Gasteiger partial charge in [0.05, 0.1) is 17.0 Å². The van der Waals surface area contributed by atoms with Crippen molar-refractivity contribution in [2.24, 2.45) is 0 Å². The number of alkyl halides is 3. The molecule has 1 fully saturated rings. The number of carbonyl (C=O) groups excluding carboxylic acids is 1. The lowest BCUT2D eigenvalue weighted by atomic mass is 9.73. The first-order valence-corrected chi connectivity index (χ1v) is 8.11. The van der Waals surface area contributed by atoms with Gasteiger partial charge in [0.2, 0.25) is 5.91 Å². The summed E-state index contributed by atoms with van der Waals surface area (Å²) in [5, 5.41) is 11.0. The second kappa shape index (κ2) is 6.37. The zero-order chi connectivity index (χ0) is 20.0. The summed E-state index contributed by atoms with van der Waals surface area (Å²) in [5.41, 5.74) is -1.03. The lowest BCUT2D eigenvalue weighted by molar-refractivity contribution is -0.137. The first-order chi connectivity index (χ1) is 12.5. The van der Waals surface area contributed by atoms with Crippen LogP contribution in [0.3, 0.4) is 0 Å². The first kappa shape index (κ1) is 18.9. The summed E-state index contributed by atoms with van der Waals surface area (Å²) in [4.78, 5) is 14.0. The van der Waals surface area contributed by atoms with Gasteiger partial charge in [-0.3, -0.25) is 15.1 Å². The maximum Gasteiger partial charge on any atom is 0.416 e. The number of guanidine groups is 1. The Morgan fingerprint density at radius 3 is 2.15 bits per heavy atom. The minimum absolute atomic E-state index is 0.144. The normalized spacial score (nSPS) is 23.3. The van der Waals surface area contributed by atoms with Crippen molar-refractivity contribution in [3.63, 3.8) is 0 Å². The topological polar surface area (TPSA) is 56.2 Å². The van der Waals surface area contributed by atoms with Gasteiger partial charge in [0.25, 0.3) is 0 Å². The predicted molar refractivity (Wildman–Crippen MR) is 91.6 cm³/mol. The van der Waals surface area contributed by atoms with Crippen LogP contribution in [-0.2, 0) is 16.5 Å². The number of nitrogens with zero attached hydrogens (tertiary/aromatic N) is 1. The number of hydrogen-bond acceptors (Lipinski definition) is 2. The summed E-state index contributed by atoms with van der Waals surface area (Å²) in [6.07, 6.45) is -4.48. The van der Waals surface area contributed by atoms with Gasteiger partial charge in [-0.15, -0.1) is 0 Å². The molecule has 1 aliphatic rings. The third-order valence-corrected chi connectivity index (χ3v) is 4.88. The molecule has 4 nitrogen and oxygen atoms in total. The van der Waals surface area contributed by atoms with Gasteiger partial charge in [-0.1, -0.05) is 24.3 Å². The van der Waals surface area contributed by atoms with Gasteiger partial charge >= 0.3 is 6.18 Å². The Morgan fingerprint density at radius 2 is 1.63 bits per heavy atom. The standard InChI is InChI=1S/C19H17F4N3O/c1-18(12-7-9-14(20)10-8-12)15(16(27)26(2)17(24)25-18)11-3-5-13(6-4-11)19(21,22)23/h3-10,15H,1-2H3,(H2,24,25)/t15-,18+/m0/s1. The molecule has 0 saturated carbocycles. The maximum absolute atomic E-state index is 13.3. The van der Waals surface area contributed by atoms with E-state index in [-0.39, 0.29) is 5.96 Å². The van der Waals surface area contributed by atoms with Crippen LogP contribution in [0.2, 0.25) is 0 Å². The number of rotatable bonds is 2. The molecule has 3 rings (SSSR count). The van der Waals surface area contributed by atoms with Crippen molar-refractivity contribution in [1.29, 1.82) is 5.41 Å². The zero-order valence-electron chi connectivity index (χ0n) is 14.6. The minimum atomic E-state index is -4.48. The largest absolute Gasteiger partial charge is 0.416 e. The van der Waals surface area contributed by atoms with Crippen molar-refractivity contribution in [2.75, 3.05) is 7.05 Å². The lowest BCUT2D eigenvalue weighted by Gasteiger charge is -2.46. The third kappa shape index (κ3) is 3.27. The molecular formula is C19H17F4N3O. The van der Waals surface area contributed by atoms with Crippen molar-refractivity contribution in [3.05, 3.63) is 71.0 Å². The average Bonchev–Trinajstić information content (AvgIpc) is 2.60. The summed E-state index contributed by atoms with van der Waals surface area (Å²) in [5.74, 6) is -1.94. The molecule has 0 unspecified atom stereocenters. The highest BCUT2D eigenvalue weighted by Gasteiger charge is 2.48. The lowest BCUT2D eigenvalue weighted by Crippen LogP contribution is -2.62. The van der Waals surface area contributed by atoms with E-state index in [1.54, 1.807) is 6.92 Å². The van der Waals surface area contributed by atoms with Crippen LogP contribution >= 0.6 is 0 Å². The summed E-state index contributed by atoms with van der Waals surface area (Å²) in [6, 6.07) is 9.82. The molecule has 0 radical (unpaired) electrons. The number of nitrogens with one attached hydrogen (secondary N) is 2. The molecule has 0 bridgehead atoms. The maximum atomic E-state index is 13.3. The summed E-state index contributed by atoms with van der Waals surface area (Å²) >= 11 is 0. The van der Waals surface area contributed by atoms with E-state index in [2.05, 4.69) is 5.32 Å². The average molecular weight is 379 g/mol. The smallest absolute Gasteiger partial charge is 0.346 e. The highest BCUT2D eigenvalue weighted by atomic mass is 19.4. The zero-order valence-corrected chi connectivity index (χ0v) is 14.6. The fourth-order valence-electron chi connectivity index (χ4n) is 3.33. The Labute approximate surface area is 153 Å². The molecule has 2 N–H and O–H groups in total. The van der Waals surface area contributed by atoms with Crippen molar-refractivity contribution in [1.82, 2.24) is 10.2 Å². The Balaban J connectivity index is 2.11. The molecule has 1 amide bonds. The Hall–Kier alpha value is -2.90. The molecule has 8 heteroatoms. The third-order valence-electron chi connectivity index (χ3n) is 4.88. The molecule has 142 valence electrons. The fraction of sp³-hybridized carbons (Fsp3) is 0.263. The van der Waals surface area contributed by atoms with Gasteiger partial charge in [0.1, 0.15) is 5.82 Å². The Morgan fingerprint density at radius 1 is 1.07 bits per heavy atom. The van der Waals surface area contributed by atoms with Crippen LogP contribution in [0, 0.1) is 11.2 Å². The quantitative estimate of drug-likeness (QED) is 0.779. The van der Waals surface area contributed by atoms with Crippen LogP contribution in [0.4, 0.5) is 17.6 Å². The second-order valence-corrected chi connectivity index (χ2v) is 6.63. The van der Waals surface area contributed by atoms with Gasteiger partial charge in [0.15, 0.2) is 5.96 Å². The van der Waals surface area contributed by atoms with Gasteiger partial charge in [-0.25, -0.2) is 4.39 Å². The second-order valence-electron chi connectivity index (χ2n) is 6.63. The number of amides is 1. The summed E-state index contributed by atoms with van der Waals surface area (Å²) in [6.45, 7) is 1.67. The molecular weight excluding hydrogens is 362 g/mol. The predicted octanol–water partition coefficient (Wildman–Crippen LogP) is 3.84. The Bertz CT molecular complexity index is 877. The molecule has 2 aromatic rings. The molecule has 2 atom stereocenters. The van der Waals surface area contributed by atoms with E-state index in [9.17, 15) is 22.4 Å². The van der Waals surface area contributed by atoms with E-state index < -0.39 is 34.9 Å². The number of carbonyl (C=O) groups is 1. The Kier molecular flexibility index (Phi) is 4.45. The van der Waals surface area contributed by atoms with Crippen LogP contribution in [0.5, 0.6) is 0 Å². The molecule has 0 aliphatic carbocycles. The van der Waals surface area contributed by atoms with E-state index in [1.807, 2.05) is 0 Å². The van der Waals surface area contributed by atoms with Crippen LogP contribution in [-0.4, -0.2) is 23.8 Å². The highest BCUT2D eigenvalue weighted by Crippen LogP contribution is 2.41. The molecule has 0 aromatic heterocycles. The molecule has 0 spiro atoms. The minimum Gasteiger partial charge on any atom is -0.346 e. The van der Waals surface area contributed by atoms with Crippen LogP contribution in [0.1, 0.15) is 29.5 Å². The summed E-state index contributed by atoms with van der Waals surface area (Å²) in [7, 11) is 1.42. The summed E-state index contributed by atoms with van der Waals surface area (Å²) < 4.78 is 51.9. The van der Waals surface area contributed by atoms with Crippen LogP contribution in [0.15, 0.2) is 48.5 Å². The van der Waals surface area contributed by atoms with Crippen LogP contribution in [0.25, 0.3) is 0 Å². The van der Waals surface area contributed by atoms with Gasteiger partial charge in [0, 0.05) is 7.05 Å². The van der Waals surface area contributed by atoms with Crippen molar-refractivity contribution in [2.45, 2.75) is 24.6 Å². The van der Waals surface area contributed by atoms with E-state index in [4.69, 9.17) is 5.41 Å². The van der Waals surface area contributed by atoms with E-state index in [1.165, 1.54) is 43.4 Å². The molecule has 1 aliphatic heterocycles. The van der Waals surface area contributed by atoms with E-state index in [0.29, 0.717) is 11.1 Å². The monoisotopic (exact) mass is 379 g/mol. The number of benzene rings is 2. The molecule has 1 saturated heterocycles. The van der Waals surface area contributed by atoms with Crippen molar-refractivity contribution in [3.8, 4) is 0 Å². The van der Waals surface area contributed by atoms with E-state index in [0.717, 1.165) is 17.0 Å². The SMILES string of the molecule is CN1C(=N)N[C@](C)(c2ccc(F)cc2)[C@@H](c2ccc(C(F)(F)F)cc2)C1=O. The molecule has 2 aromatic carbocycles. The van der Waals surface area contributed by atoms with E-state index >= 15 is 0 Å². The molecule has 1 heterocycles. The van der Waals surface area contributed by atoms with Gasteiger partial charge < -0.3 is 5.32 Å². The van der Waals surface area contributed by atoms with Crippen LogP contribution < -0.4 is 5.32 Å². The highest BCUT2D eigenvalue weighted by molar-refractivity contribution is 6.02. The molecule has 27 heavy (non-hydrogen) atoms. The van der Waals surface area contributed by atoms with Gasteiger partial charge in [-0.05, 0) is 42.3 Å². The fourth-order valence-corrected chi connectivity index (χ4v) is 3.33. The number of hydrogen-bond donors (Lipinski definition) is 2. The number of likely N-dealkylation sites (N-methyl/N-ethyl adjacent to an activating group) is 1. The first-order valence-electron chi connectivity index (χ1n) is 8.11. The van der Waals surface area contributed by atoms with Gasteiger partial charge in [-0.2, -0.15) is 13.2 Å².